The van der Waals surface area contributed by atoms with Gasteiger partial charge in [0, 0.05) is 6.92 Å². The van der Waals surface area contributed by atoms with Crippen LogP contribution in [0.25, 0.3) is 0 Å². The maximum absolute atomic E-state index is 9.21. The van der Waals surface area contributed by atoms with Crippen molar-refractivity contribution in [1.82, 2.24) is 0 Å². The number of carbonyl (C=O) groups is 1. The second-order valence-corrected chi connectivity index (χ2v) is 3.52. The molecule has 78 valence electrons. The Morgan fingerprint density at radius 1 is 1.08 bits per heavy atom. The van der Waals surface area contributed by atoms with Crippen molar-refractivity contribution in [3.63, 3.8) is 0 Å². The molecule has 0 atom stereocenters. The largest absolute Gasteiger partial charge is 0.481 e. The summed E-state index contributed by atoms with van der Waals surface area (Å²) in [4.78, 5) is 9.00. The summed E-state index contributed by atoms with van der Waals surface area (Å²) in [6, 6.07) is 0. The van der Waals surface area contributed by atoms with Crippen molar-refractivity contribution in [1.29, 1.82) is 0 Å². The van der Waals surface area contributed by atoms with Crippen molar-refractivity contribution in [3.05, 3.63) is 0 Å². The van der Waals surface area contributed by atoms with Crippen LogP contribution in [0.3, 0.4) is 0 Å². The summed E-state index contributed by atoms with van der Waals surface area (Å²) in [5.74, 6) is -0.833. The number of aliphatic hydroxyl groups is 1. The van der Waals surface area contributed by atoms with Gasteiger partial charge in [-0.2, -0.15) is 0 Å². The first-order valence-corrected chi connectivity index (χ1v) is 5.00. The lowest BCUT2D eigenvalue weighted by molar-refractivity contribution is -0.134. The zero-order valence-corrected chi connectivity index (χ0v) is 8.33. The molecule has 1 rings (SSSR count). The predicted molar refractivity (Wildman–Crippen MR) is 51.6 cm³/mol. The van der Waals surface area contributed by atoms with Crippen LogP contribution < -0.4 is 0 Å². The minimum atomic E-state index is -0.833. The van der Waals surface area contributed by atoms with Crippen molar-refractivity contribution in [2.75, 3.05) is 0 Å². The molecular weight excluding hydrogens is 168 g/mol. The topological polar surface area (TPSA) is 57.5 Å². The van der Waals surface area contributed by atoms with Gasteiger partial charge >= 0.3 is 0 Å². The normalized spacial score (nSPS) is 19.2. The highest BCUT2D eigenvalue weighted by atomic mass is 16.4. The van der Waals surface area contributed by atoms with Gasteiger partial charge in [0.25, 0.3) is 5.97 Å². The molecule has 0 aromatic carbocycles. The van der Waals surface area contributed by atoms with Gasteiger partial charge in [0.05, 0.1) is 6.10 Å². The zero-order valence-electron chi connectivity index (χ0n) is 8.33. The highest BCUT2D eigenvalue weighted by Crippen LogP contribution is 2.16. The molecule has 0 spiro atoms. The summed E-state index contributed by atoms with van der Waals surface area (Å²) in [6.45, 7) is 1.08. The van der Waals surface area contributed by atoms with E-state index in [1.807, 2.05) is 0 Å². The van der Waals surface area contributed by atoms with E-state index in [0.29, 0.717) is 0 Å². The Balaban J connectivity index is 0.000000310. The maximum atomic E-state index is 9.21. The van der Waals surface area contributed by atoms with E-state index in [2.05, 4.69) is 0 Å². The third kappa shape index (κ3) is 11.4. The third-order valence-corrected chi connectivity index (χ3v) is 2.07. The summed E-state index contributed by atoms with van der Waals surface area (Å²) in [5, 5.41) is 16.6. The van der Waals surface area contributed by atoms with Gasteiger partial charge in [-0.25, -0.2) is 0 Å². The van der Waals surface area contributed by atoms with Gasteiger partial charge in [0.2, 0.25) is 0 Å². The van der Waals surface area contributed by atoms with Crippen LogP contribution in [0.2, 0.25) is 0 Å². The zero-order chi connectivity index (χ0) is 10.1. The van der Waals surface area contributed by atoms with Gasteiger partial charge in [-0.1, -0.05) is 32.1 Å². The van der Waals surface area contributed by atoms with Gasteiger partial charge < -0.3 is 10.2 Å². The predicted octanol–water partition coefficient (Wildman–Crippen LogP) is 2.18. The van der Waals surface area contributed by atoms with Crippen molar-refractivity contribution < 1.29 is 15.0 Å². The van der Waals surface area contributed by atoms with Crippen LogP contribution in [-0.4, -0.2) is 22.3 Å². The Morgan fingerprint density at radius 2 is 1.38 bits per heavy atom. The van der Waals surface area contributed by atoms with Crippen LogP contribution in [0, 0.1) is 0 Å². The molecule has 13 heavy (non-hydrogen) atoms. The molecule has 1 aliphatic rings. The fourth-order valence-electron chi connectivity index (χ4n) is 1.43. The van der Waals surface area contributed by atoms with E-state index in [1.54, 1.807) is 0 Å². The first-order valence-electron chi connectivity index (χ1n) is 5.00. The third-order valence-electron chi connectivity index (χ3n) is 2.07. The first-order chi connectivity index (χ1) is 6.13. The molecule has 0 heterocycles. The summed E-state index contributed by atoms with van der Waals surface area (Å²) in [6.07, 6.45) is 8.62. The molecule has 2 N–H and O–H groups in total. The molecule has 0 aromatic rings. The highest BCUT2D eigenvalue weighted by molar-refractivity contribution is 5.62. The molecule has 0 unspecified atom stereocenters. The number of carboxylic acid groups (broad SMARTS) is 1. The number of rotatable bonds is 0. The van der Waals surface area contributed by atoms with E-state index >= 15 is 0 Å². The van der Waals surface area contributed by atoms with Crippen LogP contribution >= 0.6 is 0 Å². The summed E-state index contributed by atoms with van der Waals surface area (Å²) < 4.78 is 0. The highest BCUT2D eigenvalue weighted by Gasteiger charge is 2.05. The Kier molecular flexibility index (Phi) is 7.69. The number of aliphatic carboxylic acids is 1. The van der Waals surface area contributed by atoms with Gasteiger partial charge in [0.1, 0.15) is 0 Å². The molecule has 0 aliphatic heterocycles. The average Bonchev–Trinajstić information content (AvgIpc) is 1.95. The molecule has 1 saturated carbocycles. The van der Waals surface area contributed by atoms with Gasteiger partial charge in [-0.05, 0) is 12.8 Å². The minimum absolute atomic E-state index is 0.0188. The Morgan fingerprint density at radius 3 is 1.77 bits per heavy atom. The van der Waals surface area contributed by atoms with Crippen LogP contribution in [0.5, 0.6) is 0 Å². The van der Waals surface area contributed by atoms with Gasteiger partial charge in [0.15, 0.2) is 0 Å². The summed E-state index contributed by atoms with van der Waals surface area (Å²) in [7, 11) is 0. The average molecular weight is 188 g/mol. The first kappa shape index (κ1) is 12.4. The van der Waals surface area contributed by atoms with Crippen LogP contribution in [0.4, 0.5) is 0 Å². The van der Waals surface area contributed by atoms with Crippen molar-refractivity contribution in [2.45, 2.75) is 58.0 Å². The second-order valence-electron chi connectivity index (χ2n) is 3.52. The van der Waals surface area contributed by atoms with E-state index in [9.17, 15) is 5.11 Å². The van der Waals surface area contributed by atoms with E-state index in [1.165, 1.54) is 32.1 Å². The fraction of sp³-hybridized carbons (Fsp3) is 0.900. The van der Waals surface area contributed by atoms with Crippen molar-refractivity contribution in [2.24, 2.45) is 0 Å². The number of hydrogen-bond acceptors (Lipinski definition) is 2. The van der Waals surface area contributed by atoms with Gasteiger partial charge in [-0.3, -0.25) is 4.79 Å². The van der Waals surface area contributed by atoms with Crippen LogP contribution in [0.1, 0.15) is 51.9 Å². The maximum Gasteiger partial charge on any atom is 0.300 e. The monoisotopic (exact) mass is 188 g/mol. The SMILES string of the molecule is CC(=O)O.OC1CCCCCCC1. The molecule has 0 radical (unpaired) electrons. The number of hydrogen-bond donors (Lipinski definition) is 2. The quantitative estimate of drug-likeness (QED) is 0.612. The van der Waals surface area contributed by atoms with E-state index in [4.69, 9.17) is 9.90 Å². The molecule has 3 heteroatoms. The van der Waals surface area contributed by atoms with E-state index in [0.717, 1.165) is 19.8 Å². The van der Waals surface area contributed by atoms with E-state index in [-0.39, 0.29) is 6.10 Å². The van der Waals surface area contributed by atoms with Gasteiger partial charge in [-0.15, -0.1) is 0 Å². The molecule has 1 fully saturated rings. The molecule has 0 bridgehead atoms. The lowest BCUT2D eigenvalue weighted by Crippen LogP contribution is -2.07. The lowest BCUT2D eigenvalue weighted by Gasteiger charge is -2.13. The summed E-state index contributed by atoms with van der Waals surface area (Å²) in [5.41, 5.74) is 0. The van der Waals surface area contributed by atoms with Crippen molar-refractivity contribution >= 4 is 5.97 Å². The molecule has 3 nitrogen and oxygen atoms in total. The van der Waals surface area contributed by atoms with Crippen LogP contribution in [0.15, 0.2) is 0 Å². The number of aliphatic hydroxyl groups excluding tert-OH is 1. The molecular formula is C10H20O3. The molecule has 0 saturated heterocycles. The summed E-state index contributed by atoms with van der Waals surface area (Å²) >= 11 is 0. The van der Waals surface area contributed by atoms with E-state index < -0.39 is 5.97 Å². The fourth-order valence-corrected chi connectivity index (χ4v) is 1.43. The molecule has 0 amide bonds. The van der Waals surface area contributed by atoms with Crippen molar-refractivity contribution in [3.8, 4) is 0 Å². The minimum Gasteiger partial charge on any atom is -0.481 e. The van der Waals surface area contributed by atoms with Crippen LogP contribution in [-0.2, 0) is 4.79 Å². The molecule has 0 aromatic heterocycles. The Hall–Kier alpha value is -0.570. The Bertz CT molecular complexity index is 122. The molecule has 1 aliphatic carbocycles. The Labute approximate surface area is 79.8 Å². The lowest BCUT2D eigenvalue weighted by atomic mass is 9.99. The standard InChI is InChI=1S/C8H16O.C2H4O2/c9-8-6-4-2-1-3-5-7-8;1-2(3)4/h8-9H,1-7H2;1H3,(H,3,4). The number of carboxylic acids is 1. The smallest absolute Gasteiger partial charge is 0.300 e. The second kappa shape index (κ2) is 8.05.